The topological polar surface area (TPSA) is 86.3 Å². The standard InChI is InChI=1S/C16H18N6O/c1-10-11(9-22(2)3)6-12(19-10)7-13-15(20-21-16(13)23)14-8-17-4-5-18-14/h4-8,19H,9H2,1-3H3,(H,21,23). The summed E-state index contributed by atoms with van der Waals surface area (Å²) >= 11 is 0. The molecule has 0 radical (unpaired) electrons. The minimum atomic E-state index is -0.243. The van der Waals surface area contributed by atoms with Crippen LogP contribution in [0.15, 0.2) is 35.3 Å². The van der Waals surface area contributed by atoms with Gasteiger partial charge in [0.25, 0.3) is 5.91 Å². The van der Waals surface area contributed by atoms with E-state index in [2.05, 4.69) is 30.4 Å². The van der Waals surface area contributed by atoms with Gasteiger partial charge in [0.15, 0.2) is 0 Å². The highest BCUT2D eigenvalue weighted by Crippen LogP contribution is 2.18. The molecule has 2 aromatic rings. The maximum atomic E-state index is 12.1. The first-order chi connectivity index (χ1) is 11.0. The predicted molar refractivity (Wildman–Crippen MR) is 87.6 cm³/mol. The molecule has 2 aromatic heterocycles. The van der Waals surface area contributed by atoms with Crippen LogP contribution in [0.4, 0.5) is 0 Å². The molecule has 0 aliphatic carbocycles. The zero-order valence-corrected chi connectivity index (χ0v) is 13.3. The minimum absolute atomic E-state index is 0.243. The zero-order chi connectivity index (χ0) is 16.4. The molecule has 2 N–H and O–H groups in total. The molecule has 0 unspecified atom stereocenters. The van der Waals surface area contributed by atoms with Crippen LogP contribution in [0.25, 0.3) is 6.08 Å². The van der Waals surface area contributed by atoms with Gasteiger partial charge in [0, 0.05) is 30.3 Å². The lowest BCUT2D eigenvalue weighted by Crippen LogP contribution is -2.14. The third-order valence-electron chi connectivity index (χ3n) is 3.50. The second-order valence-corrected chi connectivity index (χ2v) is 5.66. The van der Waals surface area contributed by atoms with Crippen LogP contribution in [0, 0.1) is 6.92 Å². The summed E-state index contributed by atoms with van der Waals surface area (Å²) in [5, 5.41) is 4.07. The number of nitrogens with one attached hydrogen (secondary N) is 2. The second kappa shape index (κ2) is 6.13. The van der Waals surface area contributed by atoms with Crippen LogP contribution < -0.4 is 5.43 Å². The van der Waals surface area contributed by atoms with Gasteiger partial charge in [0.1, 0.15) is 11.4 Å². The maximum absolute atomic E-state index is 12.1. The van der Waals surface area contributed by atoms with E-state index in [9.17, 15) is 4.79 Å². The van der Waals surface area contributed by atoms with Crippen molar-refractivity contribution in [2.24, 2.45) is 5.10 Å². The quantitative estimate of drug-likeness (QED) is 0.828. The second-order valence-electron chi connectivity index (χ2n) is 5.66. The average molecular weight is 310 g/mol. The highest BCUT2D eigenvalue weighted by molar-refractivity contribution is 6.32. The first-order valence-corrected chi connectivity index (χ1v) is 7.24. The molecular formula is C16H18N6O. The van der Waals surface area contributed by atoms with E-state index in [-0.39, 0.29) is 5.91 Å². The molecule has 7 heteroatoms. The highest BCUT2D eigenvalue weighted by Gasteiger charge is 2.25. The molecule has 0 fully saturated rings. The van der Waals surface area contributed by atoms with Crippen molar-refractivity contribution in [3.05, 3.63) is 52.9 Å². The molecule has 0 atom stereocenters. The summed E-state index contributed by atoms with van der Waals surface area (Å²) in [7, 11) is 4.04. The Balaban J connectivity index is 1.94. The van der Waals surface area contributed by atoms with Gasteiger partial charge in [-0.3, -0.25) is 14.8 Å². The number of carbonyl (C=O) groups excluding carboxylic acids is 1. The molecule has 23 heavy (non-hydrogen) atoms. The molecule has 0 saturated heterocycles. The molecule has 0 bridgehead atoms. The van der Waals surface area contributed by atoms with Gasteiger partial charge in [0.2, 0.25) is 0 Å². The number of hydrogen-bond acceptors (Lipinski definition) is 5. The number of amides is 1. The normalized spacial score (nSPS) is 16.1. The van der Waals surface area contributed by atoms with Gasteiger partial charge in [-0.1, -0.05) is 0 Å². The van der Waals surface area contributed by atoms with Gasteiger partial charge in [-0.25, -0.2) is 5.43 Å². The Labute approximate surface area is 134 Å². The lowest BCUT2D eigenvalue weighted by atomic mass is 10.1. The Hall–Kier alpha value is -2.80. The largest absolute Gasteiger partial charge is 0.359 e. The number of aromatic amines is 1. The van der Waals surface area contributed by atoms with Crippen LogP contribution >= 0.6 is 0 Å². The molecule has 7 nitrogen and oxygen atoms in total. The van der Waals surface area contributed by atoms with Crippen molar-refractivity contribution in [2.75, 3.05) is 14.1 Å². The van der Waals surface area contributed by atoms with Crippen molar-refractivity contribution in [3.8, 4) is 0 Å². The van der Waals surface area contributed by atoms with Crippen LogP contribution in [-0.4, -0.2) is 45.6 Å². The fraction of sp³-hybridized carbons (Fsp3) is 0.250. The zero-order valence-electron chi connectivity index (χ0n) is 13.3. The summed E-state index contributed by atoms with van der Waals surface area (Å²) in [5.74, 6) is -0.243. The molecular weight excluding hydrogens is 292 g/mol. The highest BCUT2D eigenvalue weighted by atomic mass is 16.2. The van der Waals surface area contributed by atoms with Crippen molar-refractivity contribution in [3.63, 3.8) is 0 Å². The summed E-state index contributed by atoms with van der Waals surface area (Å²) in [6, 6.07) is 2.04. The summed E-state index contributed by atoms with van der Waals surface area (Å²) in [5.41, 5.74) is 7.17. The monoisotopic (exact) mass is 310 g/mol. The molecule has 118 valence electrons. The summed E-state index contributed by atoms with van der Waals surface area (Å²) in [4.78, 5) is 25.7. The van der Waals surface area contributed by atoms with Crippen molar-refractivity contribution >= 4 is 17.7 Å². The molecule has 0 saturated carbocycles. The van der Waals surface area contributed by atoms with E-state index in [1.165, 1.54) is 5.56 Å². The van der Waals surface area contributed by atoms with E-state index in [1.54, 1.807) is 24.7 Å². The van der Waals surface area contributed by atoms with Gasteiger partial charge in [-0.2, -0.15) is 5.10 Å². The Bertz CT molecular complexity index is 788. The number of H-pyrrole nitrogens is 1. The van der Waals surface area contributed by atoms with Crippen LogP contribution in [0.2, 0.25) is 0 Å². The smallest absolute Gasteiger partial charge is 0.273 e. The number of carbonyl (C=O) groups is 1. The van der Waals surface area contributed by atoms with Gasteiger partial charge in [-0.15, -0.1) is 0 Å². The van der Waals surface area contributed by atoms with E-state index in [4.69, 9.17) is 0 Å². The Morgan fingerprint density at radius 2 is 2.13 bits per heavy atom. The average Bonchev–Trinajstić information content (AvgIpc) is 3.04. The number of hydrogen-bond donors (Lipinski definition) is 2. The van der Waals surface area contributed by atoms with E-state index in [0.717, 1.165) is 17.9 Å². The first-order valence-electron chi connectivity index (χ1n) is 7.24. The number of aryl methyl sites for hydroxylation is 1. The third-order valence-corrected chi connectivity index (χ3v) is 3.50. The van der Waals surface area contributed by atoms with Gasteiger partial charge in [-0.05, 0) is 38.7 Å². The van der Waals surface area contributed by atoms with E-state index in [1.807, 2.05) is 27.1 Å². The van der Waals surface area contributed by atoms with Crippen molar-refractivity contribution in [1.29, 1.82) is 0 Å². The minimum Gasteiger partial charge on any atom is -0.359 e. The van der Waals surface area contributed by atoms with Crippen molar-refractivity contribution in [1.82, 2.24) is 25.3 Å². The van der Waals surface area contributed by atoms with E-state index < -0.39 is 0 Å². The van der Waals surface area contributed by atoms with Crippen LogP contribution in [0.1, 0.15) is 22.6 Å². The number of aromatic nitrogens is 3. The Morgan fingerprint density at radius 3 is 2.83 bits per heavy atom. The third kappa shape index (κ3) is 3.19. The Kier molecular flexibility index (Phi) is 4.03. The number of nitrogens with zero attached hydrogens (tertiary/aromatic N) is 4. The molecule has 3 heterocycles. The van der Waals surface area contributed by atoms with Crippen LogP contribution in [0.5, 0.6) is 0 Å². The lowest BCUT2D eigenvalue weighted by molar-refractivity contribution is -0.116. The van der Waals surface area contributed by atoms with E-state index >= 15 is 0 Å². The molecule has 0 aromatic carbocycles. The fourth-order valence-corrected chi connectivity index (χ4v) is 2.45. The summed E-state index contributed by atoms with van der Waals surface area (Å²) in [6.07, 6.45) is 6.54. The van der Waals surface area contributed by atoms with Crippen molar-refractivity contribution < 1.29 is 4.79 Å². The maximum Gasteiger partial charge on any atom is 0.273 e. The molecule has 3 rings (SSSR count). The number of hydrazone groups is 1. The van der Waals surface area contributed by atoms with Crippen LogP contribution in [0.3, 0.4) is 0 Å². The molecule has 1 aliphatic rings. The predicted octanol–water partition coefficient (Wildman–Crippen LogP) is 1.09. The van der Waals surface area contributed by atoms with Gasteiger partial charge >= 0.3 is 0 Å². The SMILES string of the molecule is Cc1[nH]c(C=C2C(=O)NN=C2c2cnccn2)cc1CN(C)C. The van der Waals surface area contributed by atoms with Gasteiger partial charge < -0.3 is 9.88 Å². The fourth-order valence-electron chi connectivity index (χ4n) is 2.45. The first kappa shape index (κ1) is 15.1. The van der Waals surface area contributed by atoms with Crippen LogP contribution in [-0.2, 0) is 11.3 Å². The van der Waals surface area contributed by atoms with Gasteiger partial charge in [0.05, 0.1) is 11.8 Å². The molecule has 1 aliphatic heterocycles. The van der Waals surface area contributed by atoms with Crippen molar-refractivity contribution in [2.45, 2.75) is 13.5 Å². The summed E-state index contributed by atoms with van der Waals surface area (Å²) < 4.78 is 0. The lowest BCUT2D eigenvalue weighted by Gasteiger charge is -2.07. The molecule has 1 amide bonds. The van der Waals surface area contributed by atoms with E-state index in [0.29, 0.717) is 17.0 Å². The summed E-state index contributed by atoms with van der Waals surface area (Å²) in [6.45, 7) is 2.86. The number of rotatable bonds is 4. The molecule has 0 spiro atoms. The Morgan fingerprint density at radius 1 is 1.30 bits per heavy atom.